The smallest absolute Gasteiger partial charge is 0.253 e. The number of hydrogen-bond acceptors (Lipinski definition) is 4. The fourth-order valence-electron chi connectivity index (χ4n) is 3.28. The lowest BCUT2D eigenvalue weighted by Crippen LogP contribution is -2.35. The van der Waals surface area contributed by atoms with E-state index in [1.807, 2.05) is 24.3 Å². The van der Waals surface area contributed by atoms with Gasteiger partial charge >= 0.3 is 0 Å². The summed E-state index contributed by atoms with van der Waals surface area (Å²) >= 11 is 0. The highest BCUT2D eigenvalue weighted by molar-refractivity contribution is 5.98. The quantitative estimate of drug-likeness (QED) is 0.910. The highest BCUT2D eigenvalue weighted by atomic mass is 16.5. The molecule has 5 heteroatoms. The molecule has 0 saturated carbocycles. The second kappa shape index (κ2) is 7.35. The van der Waals surface area contributed by atoms with Crippen molar-refractivity contribution in [2.24, 2.45) is 0 Å². The van der Waals surface area contributed by atoms with Crippen molar-refractivity contribution < 1.29 is 14.3 Å². The standard InChI is InChI=1S/C20H22N2O3/c23-19-17-3-1-2-4-18(17)20(21-19)25-14-16-7-5-15(6-8-16)13-22-9-11-24-12-10-22/h1-8,20H,9-14H2,(H,21,23)/t20-/m0/s1. The molecule has 2 aliphatic rings. The number of nitrogens with one attached hydrogen (secondary N) is 1. The number of amides is 1. The number of benzene rings is 2. The first kappa shape index (κ1) is 16.3. The van der Waals surface area contributed by atoms with Gasteiger partial charge in [-0.2, -0.15) is 0 Å². The van der Waals surface area contributed by atoms with Crippen LogP contribution in [0.5, 0.6) is 0 Å². The first-order valence-corrected chi connectivity index (χ1v) is 8.69. The lowest BCUT2D eigenvalue weighted by Gasteiger charge is -2.26. The summed E-state index contributed by atoms with van der Waals surface area (Å²) in [4.78, 5) is 14.3. The molecule has 0 aromatic heterocycles. The van der Waals surface area contributed by atoms with Gasteiger partial charge in [-0.1, -0.05) is 42.5 Å². The van der Waals surface area contributed by atoms with Gasteiger partial charge in [-0.05, 0) is 17.2 Å². The molecule has 5 nitrogen and oxygen atoms in total. The summed E-state index contributed by atoms with van der Waals surface area (Å²) in [5.74, 6) is -0.0681. The van der Waals surface area contributed by atoms with Crippen LogP contribution in [-0.2, 0) is 22.6 Å². The predicted molar refractivity (Wildman–Crippen MR) is 94.0 cm³/mol. The number of ether oxygens (including phenoxy) is 2. The SMILES string of the molecule is O=C1N[C@@H](OCc2ccc(CN3CCOCC3)cc2)c2ccccc21. The minimum absolute atomic E-state index is 0.0681. The Morgan fingerprint density at radius 2 is 1.76 bits per heavy atom. The monoisotopic (exact) mass is 338 g/mol. The Morgan fingerprint density at radius 1 is 1.04 bits per heavy atom. The van der Waals surface area contributed by atoms with Gasteiger partial charge in [-0.25, -0.2) is 0 Å². The number of fused-ring (bicyclic) bond motifs is 1. The van der Waals surface area contributed by atoms with Crippen LogP contribution in [0.2, 0.25) is 0 Å². The number of morpholine rings is 1. The molecule has 1 N–H and O–H groups in total. The van der Waals surface area contributed by atoms with Gasteiger partial charge < -0.3 is 14.8 Å². The van der Waals surface area contributed by atoms with E-state index < -0.39 is 0 Å². The number of carbonyl (C=O) groups excluding carboxylic acids is 1. The van der Waals surface area contributed by atoms with Crippen LogP contribution in [0.15, 0.2) is 48.5 Å². The molecule has 130 valence electrons. The molecule has 2 heterocycles. The third-order valence-electron chi connectivity index (χ3n) is 4.70. The number of carbonyl (C=O) groups is 1. The molecule has 1 amide bonds. The molecule has 2 aliphatic heterocycles. The highest BCUT2D eigenvalue weighted by Gasteiger charge is 2.28. The van der Waals surface area contributed by atoms with Gasteiger partial charge in [0.25, 0.3) is 5.91 Å². The molecule has 1 saturated heterocycles. The third-order valence-corrected chi connectivity index (χ3v) is 4.70. The molecule has 1 fully saturated rings. The van der Waals surface area contributed by atoms with E-state index in [1.165, 1.54) is 5.56 Å². The van der Waals surface area contributed by atoms with Gasteiger partial charge in [-0.15, -0.1) is 0 Å². The minimum Gasteiger partial charge on any atom is -0.379 e. The minimum atomic E-state index is -0.364. The van der Waals surface area contributed by atoms with Crippen LogP contribution in [0.4, 0.5) is 0 Å². The topological polar surface area (TPSA) is 50.8 Å². The van der Waals surface area contributed by atoms with Crippen LogP contribution < -0.4 is 5.32 Å². The van der Waals surface area contributed by atoms with Crippen molar-refractivity contribution in [2.75, 3.05) is 26.3 Å². The second-order valence-electron chi connectivity index (χ2n) is 6.46. The van der Waals surface area contributed by atoms with Gasteiger partial charge in [0.1, 0.15) is 0 Å². The van der Waals surface area contributed by atoms with Crippen LogP contribution in [0, 0.1) is 0 Å². The van der Waals surface area contributed by atoms with Gasteiger partial charge in [0.05, 0.1) is 19.8 Å². The molecular formula is C20H22N2O3. The maximum atomic E-state index is 11.9. The van der Waals surface area contributed by atoms with Crippen LogP contribution in [0.3, 0.4) is 0 Å². The zero-order chi connectivity index (χ0) is 17.1. The van der Waals surface area contributed by atoms with Crippen molar-refractivity contribution in [3.05, 3.63) is 70.8 Å². The Labute approximate surface area is 147 Å². The lowest BCUT2D eigenvalue weighted by atomic mass is 10.1. The zero-order valence-corrected chi connectivity index (χ0v) is 14.1. The van der Waals surface area contributed by atoms with Crippen molar-refractivity contribution in [2.45, 2.75) is 19.4 Å². The average molecular weight is 338 g/mol. The van der Waals surface area contributed by atoms with Crippen LogP contribution >= 0.6 is 0 Å². The number of rotatable bonds is 5. The fraction of sp³-hybridized carbons (Fsp3) is 0.350. The summed E-state index contributed by atoms with van der Waals surface area (Å²) in [5.41, 5.74) is 4.01. The van der Waals surface area contributed by atoms with E-state index in [2.05, 4.69) is 34.5 Å². The van der Waals surface area contributed by atoms with E-state index in [0.29, 0.717) is 12.2 Å². The third kappa shape index (κ3) is 3.74. The molecular weight excluding hydrogens is 316 g/mol. The number of hydrogen-bond donors (Lipinski definition) is 1. The Kier molecular flexibility index (Phi) is 4.78. The highest BCUT2D eigenvalue weighted by Crippen LogP contribution is 2.26. The van der Waals surface area contributed by atoms with Gasteiger partial charge in [-0.3, -0.25) is 9.69 Å². The Morgan fingerprint density at radius 3 is 2.56 bits per heavy atom. The summed E-state index contributed by atoms with van der Waals surface area (Å²) in [7, 11) is 0. The summed E-state index contributed by atoms with van der Waals surface area (Å²) in [6, 6.07) is 16.0. The van der Waals surface area contributed by atoms with E-state index in [0.717, 1.165) is 44.0 Å². The van der Waals surface area contributed by atoms with E-state index in [4.69, 9.17) is 9.47 Å². The van der Waals surface area contributed by atoms with Crippen molar-refractivity contribution in [3.8, 4) is 0 Å². The van der Waals surface area contributed by atoms with Gasteiger partial charge in [0.2, 0.25) is 0 Å². The lowest BCUT2D eigenvalue weighted by molar-refractivity contribution is 0.0234. The molecule has 0 unspecified atom stereocenters. The van der Waals surface area contributed by atoms with Crippen LogP contribution in [-0.4, -0.2) is 37.1 Å². The Hall–Kier alpha value is -2.21. The first-order valence-electron chi connectivity index (χ1n) is 8.69. The van der Waals surface area contributed by atoms with Crippen LogP contribution in [0.1, 0.15) is 33.3 Å². The van der Waals surface area contributed by atoms with Gasteiger partial charge in [0, 0.05) is 30.8 Å². The number of nitrogens with zero attached hydrogens (tertiary/aromatic N) is 1. The summed E-state index contributed by atoms with van der Waals surface area (Å²) < 4.78 is 11.3. The summed E-state index contributed by atoms with van der Waals surface area (Å²) in [6.45, 7) is 5.05. The maximum absolute atomic E-state index is 11.9. The fourth-order valence-corrected chi connectivity index (χ4v) is 3.28. The summed E-state index contributed by atoms with van der Waals surface area (Å²) in [6.07, 6.45) is -0.364. The van der Waals surface area contributed by atoms with E-state index >= 15 is 0 Å². The zero-order valence-electron chi connectivity index (χ0n) is 14.1. The van der Waals surface area contributed by atoms with E-state index in [1.54, 1.807) is 0 Å². The van der Waals surface area contributed by atoms with Gasteiger partial charge in [0.15, 0.2) is 6.23 Å². The largest absolute Gasteiger partial charge is 0.379 e. The summed E-state index contributed by atoms with van der Waals surface area (Å²) in [5, 5.41) is 2.88. The molecule has 0 aliphatic carbocycles. The normalized spacial score (nSPS) is 20.3. The molecule has 25 heavy (non-hydrogen) atoms. The Bertz CT molecular complexity index is 739. The van der Waals surface area contributed by atoms with Crippen molar-refractivity contribution in [3.63, 3.8) is 0 Å². The van der Waals surface area contributed by atoms with Crippen molar-refractivity contribution in [1.82, 2.24) is 10.2 Å². The van der Waals surface area contributed by atoms with E-state index in [-0.39, 0.29) is 12.1 Å². The van der Waals surface area contributed by atoms with E-state index in [9.17, 15) is 4.79 Å². The predicted octanol–water partition coefficient (Wildman–Crippen LogP) is 2.48. The molecule has 4 rings (SSSR count). The van der Waals surface area contributed by atoms with Crippen molar-refractivity contribution >= 4 is 5.91 Å². The average Bonchev–Trinajstić information content (AvgIpc) is 2.98. The van der Waals surface area contributed by atoms with Crippen molar-refractivity contribution in [1.29, 1.82) is 0 Å². The Balaban J connectivity index is 1.34. The maximum Gasteiger partial charge on any atom is 0.253 e. The van der Waals surface area contributed by atoms with Crippen LogP contribution in [0.25, 0.3) is 0 Å². The molecule has 0 bridgehead atoms. The molecule has 0 spiro atoms. The molecule has 1 atom stereocenters. The first-order chi connectivity index (χ1) is 12.3. The second-order valence-corrected chi connectivity index (χ2v) is 6.46. The molecule has 2 aromatic rings. The molecule has 0 radical (unpaired) electrons. The molecule has 2 aromatic carbocycles.